The Labute approximate surface area is 574 Å². The monoisotopic (exact) mass is 1290 g/mol. The van der Waals surface area contributed by atoms with Gasteiger partial charge in [0.15, 0.2) is 0 Å². The van der Waals surface area contributed by atoms with E-state index in [4.69, 9.17) is 20.4 Å². The van der Waals surface area contributed by atoms with E-state index < -0.39 is 23.9 Å². The number of carbonyl (C=O) groups is 4. The van der Waals surface area contributed by atoms with Crippen LogP contribution < -0.4 is 0 Å². The molecule has 0 saturated carbocycles. The maximum absolute atomic E-state index is 10.3. The number of allylic oxidation sites excluding steroid dienone is 42. The van der Waals surface area contributed by atoms with Crippen molar-refractivity contribution in [3.8, 4) is 0 Å². The van der Waals surface area contributed by atoms with Gasteiger partial charge in [-0.25, -0.2) is 0 Å². The van der Waals surface area contributed by atoms with Gasteiger partial charge in [0.1, 0.15) is 0 Å². The van der Waals surface area contributed by atoms with E-state index in [0.717, 1.165) is 167 Å². The Morgan fingerprint density at radius 3 is 0.553 bits per heavy atom. The van der Waals surface area contributed by atoms with E-state index in [-0.39, 0.29) is 19.3 Å². The number of rotatable bonds is 57. The molecule has 0 fully saturated rings. The van der Waals surface area contributed by atoms with E-state index in [9.17, 15) is 19.2 Å². The number of carboxylic acids is 4. The summed E-state index contributed by atoms with van der Waals surface area (Å²) in [6.45, 7) is 8.68. The molecule has 0 amide bonds. The fourth-order valence-electron chi connectivity index (χ4n) is 7.71. The van der Waals surface area contributed by atoms with Crippen LogP contribution in [0.25, 0.3) is 0 Å². The highest BCUT2D eigenvalue weighted by molar-refractivity contribution is 5.67. The Kier molecular flexibility index (Phi) is 88.5. The number of carboxylic acid groups (broad SMARTS) is 4. The second-order valence-corrected chi connectivity index (χ2v) is 21.8. The van der Waals surface area contributed by atoms with Crippen molar-refractivity contribution in [1.82, 2.24) is 0 Å². The molecule has 0 rings (SSSR count). The van der Waals surface area contributed by atoms with Gasteiger partial charge in [0.05, 0.1) is 0 Å². The van der Waals surface area contributed by atoms with E-state index in [1.807, 2.05) is 24.3 Å². The summed E-state index contributed by atoms with van der Waals surface area (Å²) in [4.78, 5) is 41.3. The first kappa shape index (κ1) is 92.8. The van der Waals surface area contributed by atoms with Crippen molar-refractivity contribution < 1.29 is 39.6 Å². The van der Waals surface area contributed by atoms with E-state index in [2.05, 4.69) is 259 Å². The second kappa shape index (κ2) is 89.6. The van der Waals surface area contributed by atoms with Gasteiger partial charge < -0.3 is 20.4 Å². The lowest BCUT2D eigenvalue weighted by Crippen LogP contribution is -1.93. The van der Waals surface area contributed by atoms with Crippen LogP contribution in [0.3, 0.4) is 0 Å². The van der Waals surface area contributed by atoms with Crippen LogP contribution in [0.15, 0.2) is 255 Å². The largest absolute Gasteiger partial charge is 0.481 e. The average Bonchev–Trinajstić information content (AvgIpc) is 3.56. The number of hydrogen-bond donors (Lipinski definition) is 4. The van der Waals surface area contributed by atoms with Crippen LogP contribution in [0, 0.1) is 0 Å². The molecule has 0 aliphatic rings. The second-order valence-electron chi connectivity index (χ2n) is 21.8. The molecule has 0 heterocycles. The van der Waals surface area contributed by atoms with Crippen molar-refractivity contribution in [2.75, 3.05) is 0 Å². The minimum atomic E-state index is -0.741. The highest BCUT2D eigenvalue weighted by atomic mass is 16.4. The van der Waals surface area contributed by atoms with Crippen LogP contribution in [0.4, 0.5) is 0 Å². The first-order valence-corrected chi connectivity index (χ1v) is 35.6. The molecule has 0 aliphatic heterocycles. The standard InChI is InChI=1S/2C22H34O2.C22H32O2.C20H30O2/c3*1-2-3-4-5-6-7-8-9-10-11-12-13-14-15-16-17-18-19-20-21-22(23)24;1-2-3-4-5-6-7-8-9-10-11-12-13-14-15-16-17-18-19-20(21)22/h6-7,9-10,12-13,15-16,18-19H,2-5,8,11,14,17,20-21H2,1H3,(H,23,24);3-4,6-7,9-10,12-13,15-16H,2,5,8,11,14,17-21H2,1H3,(H,23,24);3-4,6-7,9-10,12-13,15-16,18-19H,2,5,8,11,14,17,20-21H2,1H3,(H,23,24);3-4,6-7,9-10,12-13,15-16H,2,5,8,11,14,17-19H2,1H3,(H,21,22)/b7-6-,10-9-,13-12-,16-15-,19-18-;4-3-,7-6-,10-9-,13-12-,16-15-;4-3-,7-6-,10-9-,13-12-,16-15-,19-18-;4-3-,7-6-,10-9-,13-12-,16-15-. The maximum Gasteiger partial charge on any atom is 0.303 e. The molecule has 0 saturated heterocycles. The van der Waals surface area contributed by atoms with Gasteiger partial charge in [-0.2, -0.15) is 0 Å². The molecule has 8 nitrogen and oxygen atoms in total. The van der Waals surface area contributed by atoms with E-state index in [1.54, 1.807) is 0 Å². The van der Waals surface area contributed by atoms with Crippen molar-refractivity contribution in [3.05, 3.63) is 255 Å². The fourth-order valence-corrected chi connectivity index (χ4v) is 7.71. The lowest BCUT2D eigenvalue weighted by atomic mass is 10.1. The molecule has 0 aliphatic carbocycles. The van der Waals surface area contributed by atoms with Crippen molar-refractivity contribution in [3.63, 3.8) is 0 Å². The summed E-state index contributed by atoms with van der Waals surface area (Å²) in [7, 11) is 0. The molecule has 0 radical (unpaired) electrons. The zero-order valence-electron chi connectivity index (χ0n) is 59.1. The van der Waals surface area contributed by atoms with E-state index in [1.165, 1.54) is 25.7 Å². The lowest BCUT2D eigenvalue weighted by molar-refractivity contribution is -0.138. The van der Waals surface area contributed by atoms with Gasteiger partial charge in [-0.3, -0.25) is 19.2 Å². The summed E-state index contributed by atoms with van der Waals surface area (Å²) in [5, 5.41) is 34.0. The summed E-state index contributed by atoms with van der Waals surface area (Å²) in [6, 6.07) is 0. The van der Waals surface area contributed by atoms with Gasteiger partial charge in [0, 0.05) is 25.7 Å². The Bertz CT molecular complexity index is 2370. The molecule has 0 aromatic heterocycles. The molecule has 522 valence electrons. The first-order valence-electron chi connectivity index (χ1n) is 35.6. The third-order valence-corrected chi connectivity index (χ3v) is 12.9. The molecular formula is C86H130O8. The topological polar surface area (TPSA) is 149 Å². The number of unbranched alkanes of at least 4 members (excludes halogenated alkanes) is 7. The zero-order chi connectivity index (χ0) is 69.5. The fraction of sp³-hybridized carbons (Fsp3) is 0.465. The molecule has 94 heavy (non-hydrogen) atoms. The SMILES string of the molecule is CC/C=C\C/C=C\C/C=C\C/C=C\C/C=C\C/C=C\CCC(=O)O.CC/C=C\C/C=C\C/C=C\C/C=C\C/C=C\CCCC(=O)O.CC/C=C\C/C=C\C/C=C\C/C=C\C/C=C\CCCCCC(=O)O.CCCCC/C=C\C/C=C\C/C=C\C/C=C\C/C=C\CCC(=O)O. The van der Waals surface area contributed by atoms with Crippen molar-refractivity contribution in [2.45, 2.75) is 259 Å². The normalized spacial score (nSPS) is 12.8. The predicted molar refractivity (Wildman–Crippen MR) is 411 cm³/mol. The molecular weight excluding hydrogens is 1160 g/mol. The third-order valence-electron chi connectivity index (χ3n) is 12.9. The van der Waals surface area contributed by atoms with Gasteiger partial charge in [-0.05, 0) is 186 Å². The van der Waals surface area contributed by atoms with Crippen molar-refractivity contribution in [2.24, 2.45) is 0 Å². The van der Waals surface area contributed by atoms with Crippen molar-refractivity contribution in [1.29, 1.82) is 0 Å². The van der Waals surface area contributed by atoms with Gasteiger partial charge in [0.25, 0.3) is 0 Å². The highest BCUT2D eigenvalue weighted by Crippen LogP contribution is 2.07. The zero-order valence-corrected chi connectivity index (χ0v) is 59.1. The summed E-state index contributed by atoms with van der Waals surface area (Å²) in [5.41, 5.74) is 0. The highest BCUT2D eigenvalue weighted by Gasteiger charge is 1.96. The lowest BCUT2D eigenvalue weighted by Gasteiger charge is -1.94. The van der Waals surface area contributed by atoms with Crippen LogP contribution in [0.1, 0.15) is 259 Å². The predicted octanol–water partition coefficient (Wildman–Crippen LogP) is 26.1. The van der Waals surface area contributed by atoms with E-state index >= 15 is 0 Å². The van der Waals surface area contributed by atoms with Gasteiger partial charge >= 0.3 is 23.9 Å². The van der Waals surface area contributed by atoms with Crippen LogP contribution in [-0.2, 0) is 19.2 Å². The van der Waals surface area contributed by atoms with Crippen LogP contribution in [0.2, 0.25) is 0 Å². The van der Waals surface area contributed by atoms with Crippen molar-refractivity contribution >= 4 is 23.9 Å². The van der Waals surface area contributed by atoms with Gasteiger partial charge in [0.2, 0.25) is 0 Å². The molecule has 0 aromatic rings. The minimum Gasteiger partial charge on any atom is -0.481 e. The maximum atomic E-state index is 10.3. The summed E-state index contributed by atoms with van der Waals surface area (Å²) in [5.74, 6) is -2.89. The smallest absolute Gasteiger partial charge is 0.303 e. The molecule has 4 N–H and O–H groups in total. The van der Waals surface area contributed by atoms with Crippen LogP contribution >= 0.6 is 0 Å². The summed E-state index contributed by atoms with van der Waals surface area (Å²) >= 11 is 0. The number of hydrogen-bond acceptors (Lipinski definition) is 4. The van der Waals surface area contributed by atoms with Gasteiger partial charge in [-0.15, -0.1) is 0 Å². The van der Waals surface area contributed by atoms with Gasteiger partial charge in [-0.1, -0.05) is 302 Å². The quantitative estimate of drug-likeness (QED) is 0.0347. The minimum absolute atomic E-state index is 0.210. The Morgan fingerprint density at radius 1 is 0.181 bits per heavy atom. The van der Waals surface area contributed by atoms with Crippen LogP contribution in [0.5, 0.6) is 0 Å². The molecule has 8 heteroatoms. The third kappa shape index (κ3) is 106. The summed E-state index contributed by atoms with van der Waals surface area (Å²) in [6.07, 6.45) is 124. The van der Waals surface area contributed by atoms with E-state index in [0.29, 0.717) is 19.3 Å². The Morgan fingerprint density at radius 2 is 0.351 bits per heavy atom. The Balaban J connectivity index is -0.000000575. The molecule has 0 unspecified atom stereocenters. The molecule has 0 atom stereocenters. The first-order chi connectivity index (χ1) is 46.1. The molecule has 0 aromatic carbocycles. The molecule has 0 spiro atoms. The molecule has 0 bridgehead atoms. The number of aliphatic carboxylic acids is 4. The Hall–Kier alpha value is -7.58. The summed E-state index contributed by atoms with van der Waals surface area (Å²) < 4.78 is 0. The average molecular weight is 1290 g/mol. The van der Waals surface area contributed by atoms with Crippen LogP contribution in [-0.4, -0.2) is 44.3 Å².